The van der Waals surface area contributed by atoms with Gasteiger partial charge in [-0.25, -0.2) is 4.79 Å². The molecule has 0 spiro atoms. The fraction of sp³-hybridized carbons (Fsp3) is 0.250. The van der Waals surface area contributed by atoms with Crippen molar-refractivity contribution in [2.45, 2.75) is 25.9 Å². The van der Waals surface area contributed by atoms with Crippen molar-refractivity contribution in [2.75, 3.05) is 0 Å². The number of carbonyl (C=O) groups excluding carboxylic acids is 1. The van der Waals surface area contributed by atoms with E-state index in [0.717, 1.165) is 11.1 Å². The number of rotatable bonds is 6. The smallest absolute Gasteiger partial charge is 0.326 e. The van der Waals surface area contributed by atoms with E-state index in [9.17, 15) is 14.7 Å². The molecule has 0 radical (unpaired) electrons. The summed E-state index contributed by atoms with van der Waals surface area (Å²) in [6.45, 7) is 1.84. The molecule has 0 aliphatic carbocycles. The Bertz CT molecular complexity index is 595. The zero-order chi connectivity index (χ0) is 15.2. The first kappa shape index (κ1) is 15.3. The lowest BCUT2D eigenvalue weighted by molar-refractivity contribution is -0.149. The molecular weight excluding hydrogens is 286 g/mol. The van der Waals surface area contributed by atoms with E-state index in [0.29, 0.717) is 6.54 Å². The maximum Gasteiger partial charge on any atom is 0.326 e. The van der Waals surface area contributed by atoms with Crippen molar-refractivity contribution < 1.29 is 14.7 Å². The van der Waals surface area contributed by atoms with Crippen LogP contribution in [-0.2, 0) is 22.6 Å². The maximum absolute atomic E-state index is 12.4. The van der Waals surface area contributed by atoms with E-state index in [-0.39, 0.29) is 12.3 Å². The molecule has 21 heavy (non-hydrogen) atoms. The molecule has 110 valence electrons. The van der Waals surface area contributed by atoms with E-state index in [1.165, 1.54) is 23.2 Å². The predicted molar refractivity (Wildman–Crippen MR) is 82.1 cm³/mol. The highest BCUT2D eigenvalue weighted by molar-refractivity contribution is 7.07. The average molecular weight is 303 g/mol. The Labute approximate surface area is 127 Å². The zero-order valence-corrected chi connectivity index (χ0v) is 12.5. The number of aliphatic carboxylic acids is 1. The quantitative estimate of drug-likeness (QED) is 0.892. The van der Waals surface area contributed by atoms with Crippen LogP contribution in [0.5, 0.6) is 0 Å². The fourth-order valence-electron chi connectivity index (χ4n) is 2.02. The Hall–Kier alpha value is -2.14. The third-order valence-corrected chi connectivity index (χ3v) is 4.01. The lowest BCUT2D eigenvalue weighted by Crippen LogP contribution is -2.43. The van der Waals surface area contributed by atoms with Crippen molar-refractivity contribution in [2.24, 2.45) is 0 Å². The van der Waals surface area contributed by atoms with Gasteiger partial charge in [0, 0.05) is 6.54 Å². The third-order valence-electron chi connectivity index (χ3n) is 3.28. The normalized spacial score (nSPS) is 11.9. The van der Waals surface area contributed by atoms with Gasteiger partial charge in [0.2, 0.25) is 5.91 Å². The number of hydrogen-bond donors (Lipinski definition) is 1. The zero-order valence-electron chi connectivity index (χ0n) is 11.7. The number of nitrogens with zero attached hydrogens (tertiary/aromatic N) is 1. The number of carboxylic acid groups (broad SMARTS) is 1. The van der Waals surface area contributed by atoms with E-state index in [2.05, 4.69) is 0 Å². The first-order valence-electron chi connectivity index (χ1n) is 6.65. The number of benzene rings is 1. The van der Waals surface area contributed by atoms with Crippen molar-refractivity contribution in [3.05, 3.63) is 58.3 Å². The molecular formula is C16H17NO3S. The van der Waals surface area contributed by atoms with E-state index in [4.69, 9.17) is 0 Å². The molecule has 0 fully saturated rings. The summed E-state index contributed by atoms with van der Waals surface area (Å²) in [6.07, 6.45) is 0.230. The Kier molecular flexibility index (Phi) is 5.11. The number of carbonyl (C=O) groups is 2. The average Bonchev–Trinajstić information content (AvgIpc) is 2.97. The molecule has 1 N–H and O–H groups in total. The second kappa shape index (κ2) is 7.04. The molecule has 1 aromatic heterocycles. The molecule has 0 bridgehead atoms. The molecule has 2 rings (SSSR count). The molecule has 5 heteroatoms. The SMILES string of the molecule is CC(C(=O)O)N(Cc1ccccc1)C(=O)Cc1ccsc1. The van der Waals surface area contributed by atoms with E-state index < -0.39 is 12.0 Å². The minimum Gasteiger partial charge on any atom is -0.480 e. The molecule has 0 aliphatic heterocycles. The van der Waals surface area contributed by atoms with E-state index in [1.54, 1.807) is 0 Å². The Morgan fingerprint density at radius 2 is 1.90 bits per heavy atom. The summed E-state index contributed by atoms with van der Waals surface area (Å²) in [4.78, 5) is 25.1. The van der Waals surface area contributed by atoms with Crippen LogP contribution in [-0.4, -0.2) is 27.9 Å². The standard InChI is InChI=1S/C16H17NO3S/c1-12(16(19)20)17(10-13-5-3-2-4-6-13)15(18)9-14-7-8-21-11-14/h2-8,11-12H,9-10H2,1H3,(H,19,20). The Morgan fingerprint density at radius 1 is 1.19 bits per heavy atom. The minimum absolute atomic E-state index is 0.174. The second-order valence-electron chi connectivity index (χ2n) is 4.83. The van der Waals surface area contributed by atoms with Gasteiger partial charge < -0.3 is 10.0 Å². The summed E-state index contributed by atoms with van der Waals surface area (Å²) in [5.74, 6) is -1.17. The summed E-state index contributed by atoms with van der Waals surface area (Å²) >= 11 is 1.52. The third kappa shape index (κ3) is 4.16. The molecule has 1 atom stereocenters. The van der Waals surface area contributed by atoms with Gasteiger partial charge in [-0.1, -0.05) is 30.3 Å². The first-order chi connectivity index (χ1) is 10.1. The second-order valence-corrected chi connectivity index (χ2v) is 5.61. The van der Waals surface area contributed by atoms with Crippen molar-refractivity contribution in [3.8, 4) is 0 Å². The van der Waals surface area contributed by atoms with Gasteiger partial charge in [0.25, 0.3) is 0 Å². The van der Waals surface area contributed by atoms with Gasteiger partial charge in [0.1, 0.15) is 6.04 Å². The van der Waals surface area contributed by atoms with Crippen molar-refractivity contribution >= 4 is 23.2 Å². The van der Waals surface area contributed by atoms with Gasteiger partial charge in [-0.2, -0.15) is 11.3 Å². The highest BCUT2D eigenvalue weighted by Crippen LogP contribution is 2.13. The van der Waals surface area contributed by atoms with Crippen molar-refractivity contribution in [1.29, 1.82) is 0 Å². The summed E-state index contributed by atoms with van der Waals surface area (Å²) in [5.41, 5.74) is 1.84. The van der Waals surface area contributed by atoms with Gasteiger partial charge in [-0.3, -0.25) is 4.79 Å². The molecule has 1 aromatic carbocycles. The van der Waals surface area contributed by atoms with Gasteiger partial charge in [-0.15, -0.1) is 0 Å². The highest BCUT2D eigenvalue weighted by Gasteiger charge is 2.25. The van der Waals surface area contributed by atoms with Crippen LogP contribution in [0.25, 0.3) is 0 Å². The van der Waals surface area contributed by atoms with Crippen LogP contribution in [0, 0.1) is 0 Å². The Morgan fingerprint density at radius 3 is 2.48 bits per heavy atom. The van der Waals surface area contributed by atoms with Crippen LogP contribution >= 0.6 is 11.3 Å². The first-order valence-corrected chi connectivity index (χ1v) is 7.59. The molecule has 1 heterocycles. The van der Waals surface area contributed by atoms with Gasteiger partial charge in [-0.05, 0) is 34.9 Å². The van der Waals surface area contributed by atoms with Gasteiger partial charge in [0.15, 0.2) is 0 Å². The molecule has 1 amide bonds. The number of thiophene rings is 1. The summed E-state index contributed by atoms with van der Waals surface area (Å²) in [7, 11) is 0. The highest BCUT2D eigenvalue weighted by atomic mass is 32.1. The van der Waals surface area contributed by atoms with Crippen LogP contribution in [0.15, 0.2) is 47.2 Å². The summed E-state index contributed by atoms with van der Waals surface area (Å²) in [6, 6.07) is 10.5. The predicted octanol–water partition coefficient (Wildman–Crippen LogP) is 2.79. The monoisotopic (exact) mass is 303 g/mol. The van der Waals surface area contributed by atoms with E-state index in [1.807, 2.05) is 47.2 Å². The molecule has 4 nitrogen and oxygen atoms in total. The van der Waals surface area contributed by atoms with Crippen LogP contribution in [0.4, 0.5) is 0 Å². The lowest BCUT2D eigenvalue weighted by Gasteiger charge is -2.26. The number of carboxylic acids is 1. The van der Waals surface area contributed by atoms with Crippen LogP contribution in [0.3, 0.4) is 0 Å². The fourth-order valence-corrected chi connectivity index (χ4v) is 2.69. The van der Waals surface area contributed by atoms with Gasteiger partial charge >= 0.3 is 5.97 Å². The maximum atomic E-state index is 12.4. The summed E-state index contributed by atoms with van der Waals surface area (Å²) < 4.78 is 0. The van der Waals surface area contributed by atoms with Crippen molar-refractivity contribution in [3.63, 3.8) is 0 Å². The largest absolute Gasteiger partial charge is 0.480 e. The van der Waals surface area contributed by atoms with Crippen LogP contribution < -0.4 is 0 Å². The number of amides is 1. The minimum atomic E-state index is -0.996. The van der Waals surface area contributed by atoms with Crippen molar-refractivity contribution in [1.82, 2.24) is 4.90 Å². The number of hydrogen-bond acceptors (Lipinski definition) is 3. The van der Waals surface area contributed by atoms with Crippen LogP contribution in [0.1, 0.15) is 18.1 Å². The molecule has 2 aromatic rings. The lowest BCUT2D eigenvalue weighted by atomic mass is 10.1. The molecule has 1 unspecified atom stereocenters. The molecule has 0 aliphatic rings. The van der Waals surface area contributed by atoms with Gasteiger partial charge in [0.05, 0.1) is 6.42 Å². The van der Waals surface area contributed by atoms with E-state index >= 15 is 0 Å². The topological polar surface area (TPSA) is 57.6 Å². The molecule has 0 saturated heterocycles. The Balaban J connectivity index is 2.15. The summed E-state index contributed by atoms with van der Waals surface area (Å²) in [5, 5.41) is 13.0. The molecule has 0 saturated carbocycles. The van der Waals surface area contributed by atoms with Crippen LogP contribution in [0.2, 0.25) is 0 Å².